The van der Waals surface area contributed by atoms with E-state index in [-0.39, 0.29) is 0 Å². The van der Waals surface area contributed by atoms with E-state index in [1.165, 1.54) is 5.56 Å². The molecule has 0 saturated carbocycles. The summed E-state index contributed by atoms with van der Waals surface area (Å²) in [5, 5.41) is 9.55. The average molecular weight is 210 g/mol. The minimum absolute atomic E-state index is 0.329. The van der Waals surface area contributed by atoms with Crippen LogP contribution in [0.1, 0.15) is 38.2 Å². The molecule has 0 spiro atoms. The van der Waals surface area contributed by atoms with Crippen LogP contribution in [0.4, 0.5) is 0 Å². The van der Waals surface area contributed by atoms with Crippen molar-refractivity contribution >= 4 is 12.6 Å². The number of rotatable bonds is 4. The Morgan fingerprint density at radius 2 is 1.86 bits per heavy atom. The SMILES string of the molecule is CCCC(c1ccc(O)cc1)C(C)S. The lowest BCUT2D eigenvalue weighted by Crippen LogP contribution is -2.09. The Balaban J connectivity index is 2.82. The van der Waals surface area contributed by atoms with Gasteiger partial charge in [-0.15, -0.1) is 0 Å². The highest BCUT2D eigenvalue weighted by atomic mass is 32.1. The van der Waals surface area contributed by atoms with E-state index in [0.29, 0.717) is 16.9 Å². The molecule has 0 aliphatic heterocycles. The fraction of sp³-hybridized carbons (Fsp3) is 0.500. The second kappa shape index (κ2) is 5.30. The number of phenolic OH excluding ortho intramolecular Hbond substituents is 1. The molecule has 14 heavy (non-hydrogen) atoms. The van der Waals surface area contributed by atoms with E-state index in [2.05, 4.69) is 26.5 Å². The summed E-state index contributed by atoms with van der Waals surface area (Å²) in [6.07, 6.45) is 2.31. The maximum Gasteiger partial charge on any atom is 0.115 e. The third kappa shape index (κ3) is 2.95. The van der Waals surface area contributed by atoms with Crippen molar-refractivity contribution in [1.82, 2.24) is 0 Å². The Labute approximate surface area is 91.6 Å². The molecule has 0 aromatic heterocycles. The van der Waals surface area contributed by atoms with Gasteiger partial charge in [0.05, 0.1) is 0 Å². The maximum atomic E-state index is 9.19. The van der Waals surface area contributed by atoms with Gasteiger partial charge in [0.1, 0.15) is 5.75 Å². The van der Waals surface area contributed by atoms with Gasteiger partial charge in [-0.2, -0.15) is 12.6 Å². The van der Waals surface area contributed by atoms with Crippen molar-refractivity contribution in [3.8, 4) is 5.75 Å². The quantitative estimate of drug-likeness (QED) is 0.728. The highest BCUT2D eigenvalue weighted by Gasteiger charge is 2.14. The molecule has 0 heterocycles. The van der Waals surface area contributed by atoms with Crippen LogP contribution in [0.5, 0.6) is 5.75 Å². The third-order valence-corrected chi connectivity index (χ3v) is 2.86. The van der Waals surface area contributed by atoms with Gasteiger partial charge in [-0.3, -0.25) is 0 Å². The Morgan fingerprint density at radius 1 is 1.29 bits per heavy atom. The summed E-state index contributed by atoms with van der Waals surface area (Å²) in [6.45, 7) is 4.31. The van der Waals surface area contributed by atoms with Crippen LogP contribution in [0.3, 0.4) is 0 Å². The molecule has 1 rings (SSSR count). The zero-order valence-electron chi connectivity index (χ0n) is 8.77. The van der Waals surface area contributed by atoms with Crippen molar-refractivity contribution in [2.45, 2.75) is 37.9 Å². The van der Waals surface area contributed by atoms with Crippen LogP contribution in [0, 0.1) is 0 Å². The molecule has 2 heteroatoms. The lowest BCUT2D eigenvalue weighted by atomic mass is 9.92. The molecule has 0 saturated heterocycles. The predicted octanol–water partition coefficient (Wildman–Crippen LogP) is 3.59. The topological polar surface area (TPSA) is 20.2 Å². The molecule has 0 aliphatic carbocycles. The first-order valence-corrected chi connectivity index (χ1v) is 5.63. The van der Waals surface area contributed by atoms with Crippen molar-refractivity contribution in [2.24, 2.45) is 0 Å². The molecule has 1 nitrogen and oxygen atoms in total. The van der Waals surface area contributed by atoms with Gasteiger partial charge in [0.25, 0.3) is 0 Å². The van der Waals surface area contributed by atoms with E-state index in [9.17, 15) is 5.11 Å². The molecule has 1 aromatic carbocycles. The van der Waals surface area contributed by atoms with Gasteiger partial charge in [-0.25, -0.2) is 0 Å². The molecule has 0 fully saturated rings. The average Bonchev–Trinajstić information content (AvgIpc) is 2.15. The monoisotopic (exact) mass is 210 g/mol. The Kier molecular flexibility index (Phi) is 4.33. The second-order valence-corrected chi connectivity index (χ2v) is 4.54. The summed E-state index contributed by atoms with van der Waals surface area (Å²) in [5.41, 5.74) is 1.27. The van der Waals surface area contributed by atoms with E-state index < -0.39 is 0 Å². The number of benzene rings is 1. The van der Waals surface area contributed by atoms with Crippen molar-refractivity contribution < 1.29 is 5.11 Å². The fourth-order valence-corrected chi connectivity index (χ4v) is 2.04. The second-order valence-electron chi connectivity index (χ2n) is 3.73. The number of phenols is 1. The normalized spacial score (nSPS) is 15.1. The van der Waals surface area contributed by atoms with Crippen molar-refractivity contribution in [2.75, 3.05) is 0 Å². The Bertz CT molecular complexity index is 266. The van der Waals surface area contributed by atoms with Crippen LogP contribution in [-0.2, 0) is 0 Å². The van der Waals surface area contributed by atoms with Gasteiger partial charge in [-0.05, 0) is 30.0 Å². The first-order chi connectivity index (χ1) is 6.65. The highest BCUT2D eigenvalue weighted by Crippen LogP contribution is 2.28. The molecular formula is C12H18OS. The largest absolute Gasteiger partial charge is 0.508 e. The Morgan fingerprint density at radius 3 is 2.29 bits per heavy atom. The van der Waals surface area contributed by atoms with Crippen molar-refractivity contribution in [3.63, 3.8) is 0 Å². The summed E-state index contributed by atoms with van der Waals surface area (Å²) in [5.74, 6) is 0.819. The molecule has 1 N–H and O–H groups in total. The molecule has 0 radical (unpaired) electrons. The summed E-state index contributed by atoms with van der Waals surface area (Å²) >= 11 is 4.50. The van der Waals surface area contributed by atoms with Crippen LogP contribution in [0.2, 0.25) is 0 Å². The lowest BCUT2D eigenvalue weighted by Gasteiger charge is -2.19. The third-order valence-electron chi connectivity index (χ3n) is 2.50. The van der Waals surface area contributed by atoms with E-state index in [0.717, 1.165) is 12.8 Å². The van der Waals surface area contributed by atoms with Gasteiger partial charge >= 0.3 is 0 Å². The Hall–Kier alpha value is -0.630. The first kappa shape index (κ1) is 11.4. The van der Waals surface area contributed by atoms with Crippen LogP contribution in [-0.4, -0.2) is 10.4 Å². The van der Waals surface area contributed by atoms with Gasteiger partial charge in [0, 0.05) is 5.25 Å². The summed E-state index contributed by atoms with van der Waals surface area (Å²) < 4.78 is 0. The number of aromatic hydroxyl groups is 1. The molecule has 2 unspecified atom stereocenters. The van der Waals surface area contributed by atoms with Crippen LogP contribution in [0.25, 0.3) is 0 Å². The molecule has 1 aromatic rings. The smallest absolute Gasteiger partial charge is 0.115 e. The van der Waals surface area contributed by atoms with Gasteiger partial charge in [0.2, 0.25) is 0 Å². The zero-order chi connectivity index (χ0) is 10.6. The molecule has 0 aliphatic rings. The standard InChI is InChI=1S/C12H18OS/c1-3-4-12(9(2)14)10-5-7-11(13)8-6-10/h5-9,12-14H,3-4H2,1-2H3. The number of hydrogen-bond donors (Lipinski definition) is 2. The summed E-state index contributed by atoms with van der Waals surface area (Å²) in [6, 6.07) is 7.47. The van der Waals surface area contributed by atoms with Crippen LogP contribution in [0.15, 0.2) is 24.3 Å². The minimum atomic E-state index is 0.329. The van der Waals surface area contributed by atoms with Gasteiger partial charge < -0.3 is 5.11 Å². The highest BCUT2D eigenvalue weighted by molar-refractivity contribution is 7.81. The van der Waals surface area contributed by atoms with E-state index in [1.807, 2.05) is 12.1 Å². The van der Waals surface area contributed by atoms with Crippen molar-refractivity contribution in [1.29, 1.82) is 0 Å². The van der Waals surface area contributed by atoms with Gasteiger partial charge in [0.15, 0.2) is 0 Å². The molecule has 2 atom stereocenters. The van der Waals surface area contributed by atoms with E-state index >= 15 is 0 Å². The van der Waals surface area contributed by atoms with Crippen LogP contribution >= 0.6 is 12.6 Å². The summed E-state index contributed by atoms with van der Waals surface area (Å²) in [7, 11) is 0. The number of hydrogen-bond acceptors (Lipinski definition) is 2. The molecular weight excluding hydrogens is 192 g/mol. The maximum absolute atomic E-state index is 9.19. The first-order valence-electron chi connectivity index (χ1n) is 5.12. The molecule has 78 valence electrons. The predicted molar refractivity (Wildman–Crippen MR) is 64.2 cm³/mol. The summed E-state index contributed by atoms with van der Waals surface area (Å²) in [4.78, 5) is 0. The van der Waals surface area contributed by atoms with E-state index in [4.69, 9.17) is 0 Å². The number of thiol groups is 1. The van der Waals surface area contributed by atoms with Crippen molar-refractivity contribution in [3.05, 3.63) is 29.8 Å². The van der Waals surface area contributed by atoms with Gasteiger partial charge in [-0.1, -0.05) is 32.4 Å². The van der Waals surface area contributed by atoms with Crippen LogP contribution < -0.4 is 0 Å². The lowest BCUT2D eigenvalue weighted by molar-refractivity contribution is 0.474. The fourth-order valence-electron chi connectivity index (χ4n) is 1.72. The zero-order valence-corrected chi connectivity index (χ0v) is 9.67. The minimum Gasteiger partial charge on any atom is -0.508 e. The molecule has 0 amide bonds. The van der Waals surface area contributed by atoms with E-state index in [1.54, 1.807) is 12.1 Å². The molecule has 0 bridgehead atoms.